The molecule has 1 aromatic rings. The minimum Gasteiger partial charge on any atom is -0.383 e. The summed E-state index contributed by atoms with van der Waals surface area (Å²) in [5.41, 5.74) is 2.86. The van der Waals surface area contributed by atoms with Crippen molar-refractivity contribution in [2.24, 2.45) is 5.92 Å². The molecule has 2 atom stereocenters. The average molecular weight is 332 g/mol. The lowest BCUT2D eigenvalue weighted by Crippen LogP contribution is -2.49. The number of nitrogens with one attached hydrogen (secondary N) is 1. The fourth-order valence-corrected chi connectivity index (χ4v) is 3.16. The Balaban J connectivity index is 2.09. The maximum absolute atomic E-state index is 13.0. The Morgan fingerprint density at radius 1 is 1.29 bits per heavy atom. The number of hydrogen-bond donors (Lipinski definition) is 1. The predicted molar refractivity (Wildman–Crippen MR) is 94.0 cm³/mol. The lowest BCUT2D eigenvalue weighted by molar-refractivity contribution is -0.126. The van der Waals surface area contributed by atoms with E-state index in [-0.39, 0.29) is 23.8 Å². The van der Waals surface area contributed by atoms with Gasteiger partial charge in [0.05, 0.1) is 12.5 Å². The van der Waals surface area contributed by atoms with E-state index in [1.54, 1.807) is 7.11 Å². The summed E-state index contributed by atoms with van der Waals surface area (Å²) in [4.78, 5) is 27.1. The molecule has 0 aromatic heterocycles. The second-order valence-electron chi connectivity index (χ2n) is 6.61. The van der Waals surface area contributed by atoms with Gasteiger partial charge in [0.2, 0.25) is 5.91 Å². The molecule has 1 fully saturated rings. The van der Waals surface area contributed by atoms with Crippen LogP contribution in [-0.2, 0) is 9.53 Å². The fraction of sp³-hybridized carbons (Fsp3) is 0.579. The summed E-state index contributed by atoms with van der Waals surface area (Å²) in [6.45, 7) is 7.53. The van der Waals surface area contributed by atoms with E-state index in [2.05, 4.69) is 12.2 Å². The molecule has 1 aliphatic heterocycles. The quantitative estimate of drug-likeness (QED) is 0.842. The van der Waals surface area contributed by atoms with E-state index in [1.165, 1.54) is 0 Å². The summed E-state index contributed by atoms with van der Waals surface area (Å²) in [5.74, 6) is -0.108. The first-order valence-corrected chi connectivity index (χ1v) is 8.59. The fourth-order valence-electron chi connectivity index (χ4n) is 3.16. The first-order valence-electron chi connectivity index (χ1n) is 8.59. The molecule has 132 valence electrons. The number of rotatable bonds is 5. The number of likely N-dealkylation sites (tertiary alicyclic amines) is 1. The van der Waals surface area contributed by atoms with E-state index in [0.717, 1.165) is 29.5 Å². The van der Waals surface area contributed by atoms with Crippen molar-refractivity contribution < 1.29 is 14.3 Å². The molecule has 0 spiro atoms. The summed E-state index contributed by atoms with van der Waals surface area (Å²) in [6, 6.07) is 5.96. The summed E-state index contributed by atoms with van der Waals surface area (Å²) in [5, 5.41) is 2.89. The predicted octanol–water partition coefficient (Wildman–Crippen LogP) is 2.31. The Bertz CT molecular complexity index is 600. The summed E-state index contributed by atoms with van der Waals surface area (Å²) in [7, 11) is 1.61. The lowest BCUT2D eigenvalue weighted by Gasteiger charge is -2.37. The molecule has 1 heterocycles. The molecule has 2 amide bonds. The SMILES string of the molecule is COCCNC(=O)[C@H]1CC[C@H](C)N(C(=O)c2cccc(C)c2C)C1. The number of hydrogen-bond acceptors (Lipinski definition) is 3. The van der Waals surface area contributed by atoms with Gasteiger partial charge in [-0.2, -0.15) is 0 Å². The first-order chi connectivity index (χ1) is 11.5. The van der Waals surface area contributed by atoms with Crippen molar-refractivity contribution in [2.45, 2.75) is 39.7 Å². The van der Waals surface area contributed by atoms with Gasteiger partial charge in [0.15, 0.2) is 0 Å². The van der Waals surface area contributed by atoms with E-state index < -0.39 is 0 Å². The largest absolute Gasteiger partial charge is 0.383 e. The summed E-state index contributed by atoms with van der Waals surface area (Å²) in [6.07, 6.45) is 1.66. The molecule has 1 aliphatic rings. The molecule has 0 unspecified atom stereocenters. The highest BCUT2D eigenvalue weighted by Gasteiger charge is 2.33. The number of nitrogens with zero attached hydrogens (tertiary/aromatic N) is 1. The van der Waals surface area contributed by atoms with E-state index in [4.69, 9.17) is 4.74 Å². The van der Waals surface area contributed by atoms with Crippen molar-refractivity contribution >= 4 is 11.8 Å². The van der Waals surface area contributed by atoms with Gasteiger partial charge in [-0.1, -0.05) is 12.1 Å². The monoisotopic (exact) mass is 332 g/mol. The second kappa shape index (κ2) is 8.29. The molecule has 0 bridgehead atoms. The van der Waals surface area contributed by atoms with Crippen LogP contribution in [0.5, 0.6) is 0 Å². The summed E-state index contributed by atoms with van der Waals surface area (Å²) >= 11 is 0. The second-order valence-corrected chi connectivity index (χ2v) is 6.61. The third kappa shape index (κ3) is 4.15. The summed E-state index contributed by atoms with van der Waals surface area (Å²) < 4.78 is 4.96. The number of piperidine rings is 1. The minimum atomic E-state index is -0.146. The highest BCUT2D eigenvalue weighted by Crippen LogP contribution is 2.25. The third-order valence-corrected chi connectivity index (χ3v) is 4.95. The van der Waals surface area contributed by atoms with Crippen molar-refractivity contribution in [2.75, 3.05) is 26.8 Å². The topological polar surface area (TPSA) is 58.6 Å². The lowest BCUT2D eigenvalue weighted by atomic mass is 9.91. The van der Waals surface area contributed by atoms with Crippen LogP contribution in [0.1, 0.15) is 41.3 Å². The van der Waals surface area contributed by atoms with Gasteiger partial charge in [0, 0.05) is 31.8 Å². The molecule has 0 aliphatic carbocycles. The zero-order chi connectivity index (χ0) is 17.7. The normalized spacial score (nSPS) is 20.8. The molecule has 1 saturated heterocycles. The number of ether oxygens (including phenoxy) is 1. The van der Waals surface area contributed by atoms with E-state index in [0.29, 0.717) is 19.7 Å². The Morgan fingerprint density at radius 3 is 2.75 bits per heavy atom. The van der Waals surface area contributed by atoms with Crippen LogP contribution in [0.15, 0.2) is 18.2 Å². The molecule has 24 heavy (non-hydrogen) atoms. The Labute approximate surface area is 144 Å². The number of carbonyl (C=O) groups is 2. The number of amides is 2. The molecular weight excluding hydrogens is 304 g/mol. The maximum Gasteiger partial charge on any atom is 0.254 e. The van der Waals surface area contributed by atoms with Crippen LogP contribution >= 0.6 is 0 Å². The number of methoxy groups -OCH3 is 1. The van der Waals surface area contributed by atoms with Gasteiger partial charge in [-0.15, -0.1) is 0 Å². The van der Waals surface area contributed by atoms with Crippen LogP contribution in [0.4, 0.5) is 0 Å². The Morgan fingerprint density at radius 2 is 2.04 bits per heavy atom. The van der Waals surface area contributed by atoms with Crippen LogP contribution in [0, 0.1) is 19.8 Å². The molecule has 5 nitrogen and oxygen atoms in total. The van der Waals surface area contributed by atoms with Gasteiger partial charge in [-0.25, -0.2) is 0 Å². The molecule has 0 saturated carbocycles. The van der Waals surface area contributed by atoms with E-state index in [1.807, 2.05) is 36.9 Å². The van der Waals surface area contributed by atoms with Gasteiger partial charge in [0.1, 0.15) is 0 Å². The molecule has 5 heteroatoms. The smallest absolute Gasteiger partial charge is 0.254 e. The highest BCUT2D eigenvalue weighted by molar-refractivity contribution is 5.96. The molecule has 0 radical (unpaired) electrons. The van der Waals surface area contributed by atoms with Gasteiger partial charge >= 0.3 is 0 Å². The number of benzene rings is 1. The van der Waals surface area contributed by atoms with Gasteiger partial charge in [-0.3, -0.25) is 9.59 Å². The number of aryl methyl sites for hydroxylation is 1. The molecular formula is C19H28N2O3. The molecule has 1 N–H and O–H groups in total. The van der Waals surface area contributed by atoms with Crippen molar-refractivity contribution in [1.82, 2.24) is 10.2 Å². The molecule has 2 rings (SSSR count). The first kappa shape index (κ1) is 18.5. The van der Waals surface area contributed by atoms with Crippen molar-refractivity contribution in [1.29, 1.82) is 0 Å². The van der Waals surface area contributed by atoms with E-state index in [9.17, 15) is 9.59 Å². The maximum atomic E-state index is 13.0. The van der Waals surface area contributed by atoms with Crippen LogP contribution in [0.2, 0.25) is 0 Å². The highest BCUT2D eigenvalue weighted by atomic mass is 16.5. The van der Waals surface area contributed by atoms with Gasteiger partial charge in [0.25, 0.3) is 5.91 Å². The van der Waals surface area contributed by atoms with Crippen LogP contribution in [0.3, 0.4) is 0 Å². The minimum absolute atomic E-state index is 0.0118. The van der Waals surface area contributed by atoms with E-state index >= 15 is 0 Å². The zero-order valence-electron chi connectivity index (χ0n) is 15.1. The van der Waals surface area contributed by atoms with Gasteiger partial charge < -0.3 is 15.0 Å². The van der Waals surface area contributed by atoms with Crippen LogP contribution in [0.25, 0.3) is 0 Å². The molecule has 1 aromatic carbocycles. The third-order valence-electron chi connectivity index (χ3n) is 4.95. The zero-order valence-corrected chi connectivity index (χ0v) is 15.1. The van der Waals surface area contributed by atoms with Crippen molar-refractivity contribution in [3.05, 3.63) is 34.9 Å². The number of carbonyl (C=O) groups excluding carboxylic acids is 2. The average Bonchev–Trinajstić information content (AvgIpc) is 2.57. The Kier molecular flexibility index (Phi) is 6.37. The van der Waals surface area contributed by atoms with Crippen LogP contribution in [-0.4, -0.2) is 49.6 Å². The van der Waals surface area contributed by atoms with Crippen LogP contribution < -0.4 is 5.32 Å². The Hall–Kier alpha value is -1.88. The standard InChI is InChI=1S/C19H28N2O3/c1-13-6-5-7-17(15(13)3)19(23)21-12-16(9-8-14(21)2)18(22)20-10-11-24-4/h5-7,14,16H,8-12H2,1-4H3,(H,20,22)/t14-,16-/m0/s1. The van der Waals surface area contributed by atoms with Crippen molar-refractivity contribution in [3.63, 3.8) is 0 Å². The van der Waals surface area contributed by atoms with Gasteiger partial charge in [-0.05, 0) is 50.8 Å². The van der Waals surface area contributed by atoms with Crippen molar-refractivity contribution in [3.8, 4) is 0 Å².